The van der Waals surface area contributed by atoms with Gasteiger partial charge in [-0.25, -0.2) is 0 Å². The molecule has 0 aliphatic carbocycles. The highest BCUT2D eigenvalue weighted by Gasteiger charge is 2.19. The van der Waals surface area contributed by atoms with Gasteiger partial charge in [-0.05, 0) is 77.0 Å². The zero-order valence-electron chi connectivity index (χ0n) is 43.5. The molecular weight excluding hydrogens is 805 g/mol. The molecule has 0 radical (unpaired) electrons. The summed E-state index contributed by atoms with van der Waals surface area (Å²) in [6, 6.07) is 0. The first-order valence-corrected chi connectivity index (χ1v) is 28.5. The van der Waals surface area contributed by atoms with E-state index in [1.165, 1.54) is 186 Å². The van der Waals surface area contributed by atoms with Crippen molar-refractivity contribution in [3.63, 3.8) is 0 Å². The third-order valence-electron chi connectivity index (χ3n) is 12.6. The van der Waals surface area contributed by atoms with Crippen molar-refractivity contribution in [3.8, 4) is 0 Å². The van der Waals surface area contributed by atoms with Crippen LogP contribution in [0.3, 0.4) is 0 Å². The maximum absolute atomic E-state index is 12.8. The minimum atomic E-state index is -0.776. The van der Waals surface area contributed by atoms with Gasteiger partial charge in [0.15, 0.2) is 6.10 Å². The number of hydrogen-bond donors (Lipinski definition) is 0. The van der Waals surface area contributed by atoms with Crippen LogP contribution in [-0.2, 0) is 28.6 Å². The second kappa shape index (κ2) is 54.2. The molecule has 0 N–H and O–H groups in total. The lowest BCUT2D eigenvalue weighted by molar-refractivity contribution is -0.167. The summed E-state index contributed by atoms with van der Waals surface area (Å²) in [4.78, 5) is 38.1. The highest BCUT2D eigenvalue weighted by Crippen LogP contribution is 2.16. The summed E-state index contributed by atoms with van der Waals surface area (Å²) in [5, 5.41) is 0. The lowest BCUT2D eigenvalue weighted by Gasteiger charge is -2.18. The molecule has 6 heteroatoms. The average Bonchev–Trinajstić information content (AvgIpc) is 3.30. The van der Waals surface area contributed by atoms with E-state index in [2.05, 4.69) is 57.2 Å². The molecule has 0 saturated carbocycles. The maximum Gasteiger partial charge on any atom is 0.306 e. The van der Waals surface area contributed by atoms with Gasteiger partial charge in [-0.1, -0.05) is 243 Å². The van der Waals surface area contributed by atoms with E-state index in [4.69, 9.17) is 14.2 Å². The first kappa shape index (κ1) is 62.6. The summed E-state index contributed by atoms with van der Waals surface area (Å²) in [6.07, 6.45) is 64.2. The maximum atomic E-state index is 12.8. The van der Waals surface area contributed by atoms with E-state index >= 15 is 0 Å². The summed E-state index contributed by atoms with van der Waals surface area (Å²) in [5.74, 6) is -0.876. The topological polar surface area (TPSA) is 78.9 Å². The van der Waals surface area contributed by atoms with Gasteiger partial charge in [0.1, 0.15) is 13.2 Å². The van der Waals surface area contributed by atoms with E-state index in [1.54, 1.807) is 0 Å². The van der Waals surface area contributed by atoms with Crippen LogP contribution in [0.2, 0.25) is 0 Å². The molecular formula is C59H108O6. The first-order valence-electron chi connectivity index (χ1n) is 28.5. The summed E-state index contributed by atoms with van der Waals surface area (Å²) >= 11 is 0. The Morgan fingerprint density at radius 2 is 0.554 bits per heavy atom. The number of allylic oxidation sites excluding steroid dienone is 6. The fourth-order valence-electron chi connectivity index (χ4n) is 8.29. The quantitative estimate of drug-likeness (QED) is 0.0262. The summed E-state index contributed by atoms with van der Waals surface area (Å²) in [5.41, 5.74) is 0. The lowest BCUT2D eigenvalue weighted by Crippen LogP contribution is -2.30. The number of rotatable bonds is 52. The molecule has 0 saturated heterocycles. The lowest BCUT2D eigenvalue weighted by atomic mass is 10.0. The number of ether oxygens (including phenoxy) is 3. The molecule has 0 spiro atoms. The minimum Gasteiger partial charge on any atom is -0.462 e. The van der Waals surface area contributed by atoms with Crippen molar-refractivity contribution < 1.29 is 28.6 Å². The summed E-state index contributed by atoms with van der Waals surface area (Å²) in [7, 11) is 0. The van der Waals surface area contributed by atoms with Crippen LogP contribution in [0.4, 0.5) is 0 Å². The van der Waals surface area contributed by atoms with Gasteiger partial charge in [0.05, 0.1) is 0 Å². The Bertz CT molecular complexity index is 1090. The molecule has 0 fully saturated rings. The van der Waals surface area contributed by atoms with E-state index in [0.717, 1.165) is 77.0 Å². The van der Waals surface area contributed by atoms with Crippen LogP contribution < -0.4 is 0 Å². The van der Waals surface area contributed by atoms with Crippen LogP contribution in [0, 0.1) is 0 Å². The smallest absolute Gasteiger partial charge is 0.306 e. The number of hydrogen-bond acceptors (Lipinski definition) is 6. The molecule has 0 amide bonds. The number of esters is 3. The van der Waals surface area contributed by atoms with Crippen molar-refractivity contribution in [3.05, 3.63) is 36.5 Å². The van der Waals surface area contributed by atoms with Crippen LogP contribution in [0.25, 0.3) is 0 Å². The Morgan fingerprint density at radius 3 is 0.892 bits per heavy atom. The van der Waals surface area contributed by atoms with E-state index in [9.17, 15) is 14.4 Å². The minimum absolute atomic E-state index is 0.0745. The first-order chi connectivity index (χ1) is 32.0. The van der Waals surface area contributed by atoms with Gasteiger partial charge in [-0.2, -0.15) is 0 Å². The van der Waals surface area contributed by atoms with Gasteiger partial charge in [-0.3, -0.25) is 14.4 Å². The standard InChI is InChI=1S/C59H108O6/c1-4-7-10-13-16-19-22-25-27-29-31-32-34-37-40-43-46-49-52-58(61)64-55-56(54-63-57(60)51-48-45-42-39-36-24-21-18-15-12-9-6-3)65-59(62)53-50-47-44-41-38-35-33-30-28-26-23-20-17-14-11-8-5-2/h17-18,20-21,26,28,56H,4-16,19,22-25,27,29-55H2,1-3H3/b20-17-,21-18-,28-26-. The normalized spacial score (nSPS) is 12.2. The fourth-order valence-corrected chi connectivity index (χ4v) is 8.29. The molecule has 0 aromatic rings. The van der Waals surface area contributed by atoms with Gasteiger partial charge in [0.2, 0.25) is 0 Å². The Kier molecular flexibility index (Phi) is 52.3. The van der Waals surface area contributed by atoms with Crippen LogP contribution in [-0.4, -0.2) is 37.2 Å². The monoisotopic (exact) mass is 913 g/mol. The number of carbonyl (C=O) groups is 3. The fraction of sp³-hybridized carbons (Fsp3) is 0.847. The molecule has 1 atom stereocenters. The molecule has 0 aromatic carbocycles. The molecule has 6 nitrogen and oxygen atoms in total. The van der Waals surface area contributed by atoms with Crippen LogP contribution >= 0.6 is 0 Å². The van der Waals surface area contributed by atoms with Crippen molar-refractivity contribution in [2.45, 2.75) is 309 Å². The van der Waals surface area contributed by atoms with Gasteiger partial charge in [-0.15, -0.1) is 0 Å². The van der Waals surface area contributed by atoms with E-state index < -0.39 is 6.10 Å². The second-order valence-electron chi connectivity index (χ2n) is 19.2. The van der Waals surface area contributed by atoms with Crippen LogP contribution in [0.1, 0.15) is 303 Å². The third kappa shape index (κ3) is 52.5. The molecule has 0 rings (SSSR count). The molecule has 1 unspecified atom stereocenters. The molecule has 0 aliphatic heterocycles. The molecule has 0 aliphatic rings. The van der Waals surface area contributed by atoms with E-state index in [1.807, 2.05) is 0 Å². The predicted octanol–water partition coefficient (Wildman–Crippen LogP) is 18.9. The zero-order chi connectivity index (χ0) is 47.2. The van der Waals surface area contributed by atoms with Gasteiger partial charge >= 0.3 is 17.9 Å². The van der Waals surface area contributed by atoms with Crippen molar-refractivity contribution in [1.29, 1.82) is 0 Å². The Morgan fingerprint density at radius 1 is 0.308 bits per heavy atom. The molecule has 0 bridgehead atoms. The zero-order valence-corrected chi connectivity index (χ0v) is 43.5. The van der Waals surface area contributed by atoms with Crippen molar-refractivity contribution >= 4 is 17.9 Å². The number of carbonyl (C=O) groups excluding carboxylic acids is 3. The largest absolute Gasteiger partial charge is 0.462 e. The third-order valence-corrected chi connectivity index (χ3v) is 12.6. The molecule has 380 valence electrons. The van der Waals surface area contributed by atoms with Gasteiger partial charge in [0, 0.05) is 19.3 Å². The van der Waals surface area contributed by atoms with Crippen molar-refractivity contribution in [1.82, 2.24) is 0 Å². The second-order valence-corrected chi connectivity index (χ2v) is 19.2. The highest BCUT2D eigenvalue weighted by atomic mass is 16.6. The summed E-state index contributed by atoms with van der Waals surface area (Å²) in [6.45, 7) is 6.61. The van der Waals surface area contributed by atoms with Crippen molar-refractivity contribution in [2.24, 2.45) is 0 Å². The van der Waals surface area contributed by atoms with E-state index in [0.29, 0.717) is 19.3 Å². The Labute approximate surface area is 404 Å². The molecule has 0 heterocycles. The average molecular weight is 914 g/mol. The number of unbranched alkanes of at least 4 members (excludes halogenated alkanes) is 35. The Balaban J connectivity index is 4.33. The van der Waals surface area contributed by atoms with Crippen molar-refractivity contribution in [2.75, 3.05) is 13.2 Å². The predicted molar refractivity (Wildman–Crippen MR) is 279 cm³/mol. The van der Waals surface area contributed by atoms with Crippen LogP contribution in [0.15, 0.2) is 36.5 Å². The summed E-state index contributed by atoms with van der Waals surface area (Å²) < 4.78 is 16.8. The molecule has 0 aromatic heterocycles. The van der Waals surface area contributed by atoms with Crippen LogP contribution in [0.5, 0.6) is 0 Å². The molecule has 65 heavy (non-hydrogen) atoms. The van der Waals surface area contributed by atoms with Gasteiger partial charge < -0.3 is 14.2 Å². The highest BCUT2D eigenvalue weighted by molar-refractivity contribution is 5.71. The van der Waals surface area contributed by atoms with E-state index in [-0.39, 0.29) is 31.1 Å². The Hall–Kier alpha value is -2.37. The SMILES string of the molecule is CCCCC/C=C\C/C=C\CCCCCCCCCC(=O)OC(COC(=O)CCCCCCC/C=C\CCCCC)COC(=O)CCCCCCCCCCCCCCCCCCCC. The van der Waals surface area contributed by atoms with Gasteiger partial charge in [0.25, 0.3) is 0 Å².